The lowest BCUT2D eigenvalue weighted by Crippen LogP contribution is -2.50. The molecular weight excluding hydrogens is 285 g/mol. The molecule has 1 N–H and O–H groups in total. The van der Waals surface area contributed by atoms with E-state index in [2.05, 4.69) is 5.32 Å². The summed E-state index contributed by atoms with van der Waals surface area (Å²) in [6, 6.07) is 9.00. The minimum Gasteiger partial charge on any atom is -0.350 e. The second-order valence-corrected chi connectivity index (χ2v) is 5.34. The second-order valence-electron chi connectivity index (χ2n) is 5.34. The Morgan fingerprint density at radius 1 is 1.36 bits per heavy atom. The van der Waals surface area contributed by atoms with Crippen LogP contribution < -0.4 is 5.32 Å². The summed E-state index contributed by atoms with van der Waals surface area (Å²) in [5, 5.41) is 2.76. The van der Waals surface area contributed by atoms with Gasteiger partial charge in [0.1, 0.15) is 11.5 Å². The molecule has 0 radical (unpaired) electrons. The highest BCUT2D eigenvalue weighted by atomic mass is 19.1. The molecule has 0 spiro atoms. The number of rotatable bonds is 3. The first-order chi connectivity index (χ1) is 10.6. The van der Waals surface area contributed by atoms with Crippen LogP contribution in [0.3, 0.4) is 0 Å². The van der Waals surface area contributed by atoms with Crippen LogP contribution in [0, 0.1) is 5.82 Å². The summed E-state index contributed by atoms with van der Waals surface area (Å²) in [6.45, 7) is 0.934. The zero-order valence-electron chi connectivity index (χ0n) is 12.1. The van der Waals surface area contributed by atoms with E-state index >= 15 is 0 Å². The third-order valence-electron chi connectivity index (χ3n) is 3.91. The van der Waals surface area contributed by atoms with E-state index < -0.39 is 5.82 Å². The van der Waals surface area contributed by atoms with Gasteiger partial charge in [-0.1, -0.05) is 6.07 Å². The quantitative estimate of drug-likeness (QED) is 0.934. The Labute approximate surface area is 127 Å². The number of likely N-dealkylation sites (N-methyl/N-ethyl adjacent to an activating group) is 1. The van der Waals surface area contributed by atoms with Crippen molar-refractivity contribution in [3.8, 4) is 0 Å². The number of carbonyl (C=O) groups is 2. The molecule has 0 saturated carbocycles. The predicted molar refractivity (Wildman–Crippen MR) is 79.0 cm³/mol. The van der Waals surface area contributed by atoms with Crippen molar-refractivity contribution in [3.63, 3.8) is 0 Å². The summed E-state index contributed by atoms with van der Waals surface area (Å²) in [4.78, 5) is 25.9. The van der Waals surface area contributed by atoms with E-state index in [4.69, 9.17) is 0 Å². The van der Waals surface area contributed by atoms with Crippen LogP contribution in [0.1, 0.15) is 20.8 Å². The Balaban J connectivity index is 1.67. The number of benzene rings is 1. The first-order valence-electron chi connectivity index (χ1n) is 7.02. The number of nitrogens with one attached hydrogen (secondary N) is 1. The molecule has 0 bridgehead atoms. The normalized spacial score (nSPS) is 17.3. The molecule has 2 amide bonds. The summed E-state index contributed by atoms with van der Waals surface area (Å²) in [7, 11) is 1.72. The maximum atomic E-state index is 13.1. The smallest absolute Gasteiger partial charge is 0.270 e. The summed E-state index contributed by atoms with van der Waals surface area (Å²) in [6.07, 6.45) is 1.85. The van der Waals surface area contributed by atoms with Gasteiger partial charge in [-0.2, -0.15) is 0 Å². The maximum absolute atomic E-state index is 13.1. The van der Waals surface area contributed by atoms with Crippen LogP contribution in [0.2, 0.25) is 0 Å². The monoisotopic (exact) mass is 301 g/mol. The van der Waals surface area contributed by atoms with E-state index in [1.54, 1.807) is 24.1 Å². The van der Waals surface area contributed by atoms with Crippen molar-refractivity contribution in [3.05, 3.63) is 59.7 Å². The van der Waals surface area contributed by atoms with E-state index in [-0.39, 0.29) is 23.4 Å². The molecule has 1 aliphatic heterocycles. The van der Waals surface area contributed by atoms with Crippen molar-refractivity contribution in [2.75, 3.05) is 13.6 Å². The van der Waals surface area contributed by atoms with Crippen LogP contribution in [0.5, 0.6) is 0 Å². The Bertz CT molecular complexity index is 726. The van der Waals surface area contributed by atoms with Crippen molar-refractivity contribution in [2.45, 2.75) is 12.6 Å². The van der Waals surface area contributed by atoms with Gasteiger partial charge in [0, 0.05) is 31.9 Å². The molecule has 2 heterocycles. The number of carbonyl (C=O) groups excluding carboxylic acids is 2. The largest absolute Gasteiger partial charge is 0.350 e. The number of hydrogen-bond acceptors (Lipinski definition) is 2. The van der Waals surface area contributed by atoms with E-state index in [9.17, 15) is 14.0 Å². The lowest BCUT2D eigenvalue weighted by atomic mass is 10.1. The van der Waals surface area contributed by atoms with Gasteiger partial charge in [0.05, 0.1) is 6.04 Å². The van der Waals surface area contributed by atoms with Crippen molar-refractivity contribution in [1.29, 1.82) is 0 Å². The summed E-state index contributed by atoms with van der Waals surface area (Å²) >= 11 is 0. The molecule has 0 saturated heterocycles. The Kier molecular flexibility index (Phi) is 3.66. The molecule has 6 heteroatoms. The van der Waals surface area contributed by atoms with Gasteiger partial charge in [-0.15, -0.1) is 0 Å². The van der Waals surface area contributed by atoms with E-state index in [0.29, 0.717) is 18.8 Å². The lowest BCUT2D eigenvalue weighted by molar-refractivity contribution is 0.0645. The molecule has 2 aromatic rings. The van der Waals surface area contributed by atoms with Gasteiger partial charge in [-0.05, 0) is 30.3 Å². The van der Waals surface area contributed by atoms with Gasteiger partial charge < -0.3 is 14.8 Å². The van der Waals surface area contributed by atoms with Crippen molar-refractivity contribution >= 4 is 11.8 Å². The molecule has 1 aromatic carbocycles. The third-order valence-corrected chi connectivity index (χ3v) is 3.91. The third kappa shape index (κ3) is 2.59. The number of amides is 2. The van der Waals surface area contributed by atoms with Crippen LogP contribution in [0.4, 0.5) is 4.39 Å². The summed E-state index contributed by atoms with van der Waals surface area (Å²) in [5.74, 6) is -0.866. The molecule has 22 heavy (non-hydrogen) atoms. The lowest BCUT2D eigenvalue weighted by Gasteiger charge is -2.33. The Hall–Kier alpha value is -2.63. The first-order valence-corrected chi connectivity index (χ1v) is 7.02. The van der Waals surface area contributed by atoms with Gasteiger partial charge in [-0.3, -0.25) is 9.59 Å². The highest BCUT2D eigenvalue weighted by Gasteiger charge is 2.29. The molecule has 0 fully saturated rings. The molecule has 1 atom stereocenters. The minimum absolute atomic E-state index is 0.0683. The highest BCUT2D eigenvalue weighted by molar-refractivity contribution is 5.95. The fraction of sp³-hybridized carbons (Fsp3) is 0.250. The molecule has 114 valence electrons. The topological polar surface area (TPSA) is 54.3 Å². The fourth-order valence-electron chi connectivity index (χ4n) is 2.61. The molecule has 1 aromatic heterocycles. The Morgan fingerprint density at radius 3 is 2.95 bits per heavy atom. The number of halogens is 1. The SMILES string of the molecule is CN1C(=O)c2cccn2CC1CNC(=O)c1cccc(F)c1. The molecule has 5 nitrogen and oxygen atoms in total. The van der Waals surface area contributed by atoms with E-state index in [0.717, 1.165) is 0 Å². The van der Waals surface area contributed by atoms with Crippen LogP contribution >= 0.6 is 0 Å². The number of hydrogen-bond donors (Lipinski definition) is 1. The zero-order chi connectivity index (χ0) is 15.7. The highest BCUT2D eigenvalue weighted by Crippen LogP contribution is 2.16. The van der Waals surface area contributed by atoms with Crippen LogP contribution in [-0.4, -0.2) is 40.9 Å². The van der Waals surface area contributed by atoms with Crippen LogP contribution in [0.25, 0.3) is 0 Å². The van der Waals surface area contributed by atoms with Gasteiger partial charge in [0.25, 0.3) is 11.8 Å². The summed E-state index contributed by atoms with van der Waals surface area (Å²) < 4.78 is 15.0. The van der Waals surface area contributed by atoms with Gasteiger partial charge >= 0.3 is 0 Å². The predicted octanol–water partition coefficient (Wildman–Crippen LogP) is 1.51. The molecule has 1 unspecified atom stereocenters. The standard InChI is InChI=1S/C16H16FN3O2/c1-19-13(10-20-7-3-6-14(20)16(19)22)9-18-15(21)11-4-2-5-12(17)8-11/h2-8,13H,9-10H2,1H3,(H,18,21). The van der Waals surface area contributed by atoms with E-state index in [1.807, 2.05) is 16.8 Å². The average Bonchev–Trinajstić information content (AvgIpc) is 2.97. The molecule has 0 aliphatic carbocycles. The number of fused-ring (bicyclic) bond motifs is 1. The van der Waals surface area contributed by atoms with Gasteiger partial charge in [0.2, 0.25) is 0 Å². The first kappa shape index (κ1) is 14.3. The second kappa shape index (κ2) is 5.63. The average molecular weight is 301 g/mol. The van der Waals surface area contributed by atoms with Crippen molar-refractivity contribution in [1.82, 2.24) is 14.8 Å². The van der Waals surface area contributed by atoms with Crippen LogP contribution in [0.15, 0.2) is 42.6 Å². The van der Waals surface area contributed by atoms with Crippen LogP contribution in [-0.2, 0) is 6.54 Å². The van der Waals surface area contributed by atoms with Gasteiger partial charge in [-0.25, -0.2) is 4.39 Å². The number of nitrogens with zero attached hydrogens (tertiary/aromatic N) is 2. The van der Waals surface area contributed by atoms with E-state index in [1.165, 1.54) is 18.2 Å². The molecule has 3 rings (SSSR count). The van der Waals surface area contributed by atoms with Gasteiger partial charge in [0.15, 0.2) is 0 Å². The minimum atomic E-state index is -0.449. The maximum Gasteiger partial charge on any atom is 0.270 e. The summed E-state index contributed by atoms with van der Waals surface area (Å²) in [5.41, 5.74) is 0.918. The molecule has 1 aliphatic rings. The van der Waals surface area contributed by atoms with Crippen molar-refractivity contribution in [2.24, 2.45) is 0 Å². The van der Waals surface area contributed by atoms with Crippen molar-refractivity contribution < 1.29 is 14.0 Å². The number of aromatic nitrogens is 1. The molecular formula is C16H16FN3O2. The zero-order valence-corrected chi connectivity index (χ0v) is 12.1. The fourth-order valence-corrected chi connectivity index (χ4v) is 2.61. The Morgan fingerprint density at radius 2 is 2.18 bits per heavy atom.